The number of methoxy groups -OCH3 is 1. The number of aryl methyl sites for hydroxylation is 1. The number of hydrogen-bond acceptors (Lipinski definition) is 6. The molecule has 1 N–H and O–H groups in total. The predicted molar refractivity (Wildman–Crippen MR) is 169 cm³/mol. The van der Waals surface area contributed by atoms with Crippen molar-refractivity contribution in [3.8, 4) is 5.75 Å². The van der Waals surface area contributed by atoms with Crippen LogP contribution in [0.3, 0.4) is 0 Å². The van der Waals surface area contributed by atoms with Crippen molar-refractivity contribution in [2.45, 2.75) is 77.9 Å². The maximum atomic E-state index is 12.5. The summed E-state index contributed by atoms with van der Waals surface area (Å²) in [5.74, 6) is 0.313. The third-order valence-corrected chi connectivity index (χ3v) is 7.22. The third kappa shape index (κ3) is 10.8. The molecule has 0 saturated carbocycles. The predicted octanol–water partition coefficient (Wildman–Crippen LogP) is 7.74. The number of benzene rings is 2. The van der Waals surface area contributed by atoms with Crippen molar-refractivity contribution in [2.75, 3.05) is 20.8 Å². The van der Waals surface area contributed by atoms with Gasteiger partial charge in [0.1, 0.15) is 18.1 Å². The summed E-state index contributed by atoms with van der Waals surface area (Å²) in [7, 11) is 3.30. The number of allylic oxidation sites excluding steroid dienone is 3. The summed E-state index contributed by atoms with van der Waals surface area (Å²) in [6.45, 7) is 3.72. The van der Waals surface area contributed by atoms with E-state index in [0.29, 0.717) is 31.7 Å². The number of esters is 2. The minimum Gasteiger partial charge on any atom is -0.489 e. The number of rotatable bonds is 19. The number of nitrogens with zero attached hydrogens (tertiary/aromatic N) is 1. The van der Waals surface area contributed by atoms with Crippen LogP contribution in [0.5, 0.6) is 5.75 Å². The van der Waals surface area contributed by atoms with Gasteiger partial charge in [-0.1, -0.05) is 74.6 Å². The highest BCUT2D eigenvalue weighted by molar-refractivity contribution is 5.96. The van der Waals surface area contributed by atoms with E-state index in [1.54, 1.807) is 0 Å². The second-order valence-electron chi connectivity index (χ2n) is 10.3. The molecule has 7 nitrogen and oxygen atoms in total. The normalized spacial score (nSPS) is 11.6. The lowest BCUT2D eigenvalue weighted by Gasteiger charge is -2.10. The largest absolute Gasteiger partial charge is 0.489 e. The Morgan fingerprint density at radius 1 is 0.929 bits per heavy atom. The number of fused-ring (bicyclic) bond motifs is 1. The third-order valence-electron chi connectivity index (χ3n) is 7.22. The Balaban J connectivity index is 1.34. The van der Waals surface area contributed by atoms with E-state index in [2.05, 4.69) is 9.88 Å². The van der Waals surface area contributed by atoms with Gasteiger partial charge in [0.05, 0.1) is 13.7 Å². The summed E-state index contributed by atoms with van der Waals surface area (Å²) in [5.41, 5.74) is 3.72. The van der Waals surface area contributed by atoms with E-state index in [4.69, 9.17) is 14.2 Å². The number of hydrogen-bond donors (Lipinski definition) is 1. The monoisotopic (exact) mass is 574 g/mol. The fraction of sp³-hybridized carbons (Fsp3) is 0.429. The SMILES string of the molecule is C/C=C(\C=C/CCC(=O)OCCCCCCCCCn1c(C(=O)OC)cc2cc(OCc3ccccc3)ccc21)NC. The smallest absolute Gasteiger partial charge is 0.354 e. The van der Waals surface area contributed by atoms with Gasteiger partial charge < -0.3 is 24.1 Å². The molecule has 226 valence electrons. The minimum absolute atomic E-state index is 0.133. The van der Waals surface area contributed by atoms with Crippen LogP contribution in [-0.4, -0.2) is 37.3 Å². The molecule has 0 amide bonds. The van der Waals surface area contributed by atoms with Crippen molar-refractivity contribution >= 4 is 22.8 Å². The molecule has 0 spiro atoms. The second kappa shape index (κ2) is 18.4. The zero-order chi connectivity index (χ0) is 30.0. The zero-order valence-corrected chi connectivity index (χ0v) is 25.4. The molecule has 3 rings (SSSR count). The molecule has 0 aliphatic heterocycles. The van der Waals surface area contributed by atoms with Gasteiger partial charge in [0.15, 0.2) is 0 Å². The summed E-state index contributed by atoms with van der Waals surface area (Å²) in [5, 5.41) is 4.04. The molecule has 7 heteroatoms. The van der Waals surface area contributed by atoms with E-state index >= 15 is 0 Å². The molecule has 3 aromatic rings. The average molecular weight is 575 g/mol. The first-order valence-electron chi connectivity index (χ1n) is 15.1. The van der Waals surface area contributed by atoms with Crippen LogP contribution in [0.2, 0.25) is 0 Å². The topological polar surface area (TPSA) is 78.8 Å². The van der Waals surface area contributed by atoms with E-state index in [1.165, 1.54) is 7.11 Å². The van der Waals surface area contributed by atoms with Gasteiger partial charge in [-0.3, -0.25) is 4.79 Å². The standard InChI is InChI=1S/C35H46N2O5/c1-4-30(36-2)19-13-14-20-34(38)41-24-16-9-7-5-6-8-15-23-37-32-22-21-31(42-27-28-17-11-10-12-18-28)25-29(32)26-33(37)35(39)40-3/h4,10-13,17-19,21-22,25-26,36H,5-9,14-16,20,23-24,27H2,1-3H3/b19-13-,30-4+. The Morgan fingerprint density at radius 2 is 1.67 bits per heavy atom. The molecular weight excluding hydrogens is 528 g/mol. The molecule has 0 saturated heterocycles. The van der Waals surface area contributed by atoms with Gasteiger partial charge >= 0.3 is 11.9 Å². The van der Waals surface area contributed by atoms with E-state index in [1.807, 2.05) is 86.8 Å². The van der Waals surface area contributed by atoms with Gasteiger partial charge in [0.25, 0.3) is 0 Å². The van der Waals surface area contributed by atoms with Gasteiger partial charge in [-0.25, -0.2) is 4.79 Å². The molecule has 0 unspecified atom stereocenters. The zero-order valence-electron chi connectivity index (χ0n) is 25.4. The number of likely N-dealkylation sites (N-methyl/N-ethyl adjacent to an activating group) is 1. The molecule has 1 heterocycles. The Labute approximate surface area is 250 Å². The van der Waals surface area contributed by atoms with Crippen molar-refractivity contribution in [1.29, 1.82) is 0 Å². The van der Waals surface area contributed by atoms with Gasteiger partial charge in [0.2, 0.25) is 0 Å². The van der Waals surface area contributed by atoms with Crippen molar-refractivity contribution in [2.24, 2.45) is 0 Å². The summed E-state index contributed by atoms with van der Waals surface area (Å²) < 4.78 is 18.5. The van der Waals surface area contributed by atoms with Crippen LogP contribution in [0, 0.1) is 0 Å². The first-order valence-corrected chi connectivity index (χ1v) is 15.1. The molecule has 0 bridgehead atoms. The van der Waals surface area contributed by atoms with Crippen LogP contribution in [-0.2, 0) is 27.4 Å². The highest BCUT2D eigenvalue weighted by atomic mass is 16.5. The van der Waals surface area contributed by atoms with Crippen molar-refractivity contribution in [3.05, 3.63) is 89.8 Å². The minimum atomic E-state index is -0.327. The number of aromatic nitrogens is 1. The lowest BCUT2D eigenvalue weighted by atomic mass is 10.1. The summed E-state index contributed by atoms with van der Waals surface area (Å²) in [4.78, 5) is 24.4. The summed E-state index contributed by atoms with van der Waals surface area (Å²) in [6.07, 6.45) is 14.5. The Hall–Kier alpha value is -4.00. The molecule has 0 aliphatic rings. The molecule has 42 heavy (non-hydrogen) atoms. The molecule has 1 aromatic heterocycles. The molecule has 0 radical (unpaired) electrons. The van der Waals surface area contributed by atoms with E-state index in [0.717, 1.165) is 79.4 Å². The van der Waals surface area contributed by atoms with Crippen LogP contribution in [0.1, 0.15) is 80.8 Å². The quantitative estimate of drug-likeness (QED) is 0.0896. The lowest BCUT2D eigenvalue weighted by molar-refractivity contribution is -0.143. The first-order chi connectivity index (χ1) is 20.5. The lowest BCUT2D eigenvalue weighted by Crippen LogP contribution is -2.10. The molecular formula is C35H46N2O5. The Bertz CT molecular complexity index is 1310. The van der Waals surface area contributed by atoms with Crippen LogP contribution in [0.15, 0.2) is 78.5 Å². The number of carbonyl (C=O) groups excluding carboxylic acids is 2. The van der Waals surface area contributed by atoms with E-state index in [9.17, 15) is 9.59 Å². The van der Waals surface area contributed by atoms with E-state index < -0.39 is 0 Å². The maximum absolute atomic E-state index is 12.5. The fourth-order valence-corrected chi connectivity index (χ4v) is 4.84. The second-order valence-corrected chi connectivity index (χ2v) is 10.3. The Kier molecular flexibility index (Phi) is 14.3. The van der Waals surface area contributed by atoms with Crippen molar-refractivity contribution in [3.63, 3.8) is 0 Å². The van der Waals surface area contributed by atoms with Crippen LogP contribution < -0.4 is 10.1 Å². The average Bonchev–Trinajstić information content (AvgIpc) is 3.38. The van der Waals surface area contributed by atoms with Gasteiger partial charge in [-0.2, -0.15) is 0 Å². The first kappa shape index (κ1) is 32.5. The number of carbonyl (C=O) groups is 2. The van der Waals surface area contributed by atoms with Crippen molar-refractivity contribution in [1.82, 2.24) is 9.88 Å². The van der Waals surface area contributed by atoms with E-state index in [-0.39, 0.29) is 11.9 Å². The maximum Gasteiger partial charge on any atom is 0.354 e. The summed E-state index contributed by atoms with van der Waals surface area (Å²) in [6, 6.07) is 17.9. The molecule has 0 atom stereocenters. The Morgan fingerprint density at radius 3 is 2.38 bits per heavy atom. The molecule has 0 fully saturated rings. The molecule has 2 aromatic carbocycles. The van der Waals surface area contributed by atoms with Gasteiger partial charge in [-0.15, -0.1) is 0 Å². The van der Waals surface area contributed by atoms with Crippen molar-refractivity contribution < 1.29 is 23.8 Å². The van der Waals surface area contributed by atoms with Gasteiger partial charge in [0, 0.05) is 36.6 Å². The summed E-state index contributed by atoms with van der Waals surface area (Å²) >= 11 is 0. The van der Waals surface area contributed by atoms with Crippen LogP contribution in [0.4, 0.5) is 0 Å². The number of nitrogens with one attached hydrogen (secondary N) is 1. The highest BCUT2D eigenvalue weighted by Gasteiger charge is 2.16. The van der Waals surface area contributed by atoms with Crippen LogP contribution >= 0.6 is 0 Å². The number of unbranched alkanes of at least 4 members (excludes halogenated alkanes) is 6. The van der Waals surface area contributed by atoms with Crippen LogP contribution in [0.25, 0.3) is 10.9 Å². The number of ether oxygens (including phenoxy) is 3. The molecule has 0 aliphatic carbocycles. The van der Waals surface area contributed by atoms with Gasteiger partial charge in [-0.05, 0) is 62.1 Å². The highest BCUT2D eigenvalue weighted by Crippen LogP contribution is 2.26. The fourth-order valence-electron chi connectivity index (χ4n) is 4.84.